The van der Waals surface area contributed by atoms with Gasteiger partial charge in [-0.15, -0.1) is 0 Å². The molecule has 6 aromatic rings. The molecule has 6 aliphatic heterocycles. The first-order valence-corrected chi connectivity index (χ1v) is 29.4. The number of carboxylic acid groups (broad SMARTS) is 2. The molecule has 0 spiro atoms. The van der Waals surface area contributed by atoms with Gasteiger partial charge in [-0.05, 0) is 155 Å². The van der Waals surface area contributed by atoms with Crippen LogP contribution in [0.15, 0.2) is 60.7 Å². The Balaban J connectivity index is 0.899. The number of likely N-dealkylation sites (tertiary alicyclic amines) is 2. The van der Waals surface area contributed by atoms with Gasteiger partial charge in [0.1, 0.15) is 46.9 Å². The van der Waals surface area contributed by atoms with Gasteiger partial charge in [0.05, 0.1) is 45.7 Å². The molecular formula is C61H69F5N10O8. The van der Waals surface area contributed by atoms with Gasteiger partial charge in [-0.25, -0.2) is 41.5 Å². The number of aromatic amines is 2. The number of imidazole rings is 2. The van der Waals surface area contributed by atoms with Crippen molar-refractivity contribution in [1.29, 1.82) is 0 Å². The molecule has 4 unspecified atom stereocenters. The molecule has 6 aliphatic rings. The van der Waals surface area contributed by atoms with E-state index in [0.717, 1.165) is 5.56 Å². The number of hydrogen-bond acceptors (Lipinski definition) is 10. The summed E-state index contributed by atoms with van der Waals surface area (Å²) >= 11 is 0. The molecular weight excluding hydrogens is 1100 g/mol. The van der Waals surface area contributed by atoms with Crippen LogP contribution in [-0.4, -0.2) is 129 Å². The number of nitrogens with one attached hydrogen (secondary N) is 4. The summed E-state index contributed by atoms with van der Waals surface area (Å²) in [5.74, 6) is -4.47. The lowest BCUT2D eigenvalue weighted by atomic mass is 9.80. The van der Waals surface area contributed by atoms with Gasteiger partial charge in [0.2, 0.25) is 11.8 Å². The Hall–Kier alpha value is -7.53. The SMILES string of the molecule is CC1C[C@H](c2cc3nc(C4CCCN4C(=O)C(NC(=O)O)C4CCOCC4)[nH]c3cc2F)N(c2cc(F)c(N3CCC(c4ccc(F)cc4)CC3)c(F)c2)[C@]1(C)c1cc2nc(C3CCCN3C(=O)[C@@H](NC(=O)O)C3CCOCC3)[nH]c2cc1F. The number of benzene rings is 4. The second-order valence-electron chi connectivity index (χ2n) is 23.9. The first-order valence-electron chi connectivity index (χ1n) is 29.4. The number of rotatable bonds is 13. The number of hydrogen-bond donors (Lipinski definition) is 6. The van der Waals surface area contributed by atoms with Crippen LogP contribution in [-0.2, 0) is 24.6 Å². The quantitative estimate of drug-likeness (QED) is 0.0595. The lowest BCUT2D eigenvalue weighted by Crippen LogP contribution is -2.52. The highest BCUT2D eigenvalue weighted by atomic mass is 19.1. The number of nitrogens with zero attached hydrogens (tertiary/aromatic N) is 6. The summed E-state index contributed by atoms with van der Waals surface area (Å²) in [6.07, 6.45) is 2.90. The van der Waals surface area contributed by atoms with Crippen LogP contribution in [0, 0.1) is 46.8 Å². The number of anilines is 2. The van der Waals surface area contributed by atoms with E-state index in [1.807, 2.05) is 6.92 Å². The second kappa shape index (κ2) is 23.1. The molecule has 446 valence electrons. The number of aromatic nitrogens is 4. The van der Waals surface area contributed by atoms with E-state index in [-0.39, 0.29) is 64.3 Å². The molecule has 18 nitrogen and oxygen atoms in total. The van der Waals surface area contributed by atoms with Crippen LogP contribution < -0.4 is 20.4 Å². The highest BCUT2D eigenvalue weighted by Gasteiger charge is 2.53. The molecule has 12 rings (SSSR count). The molecule has 0 radical (unpaired) electrons. The second-order valence-corrected chi connectivity index (χ2v) is 23.9. The number of ether oxygens (including phenoxy) is 2. The van der Waals surface area contributed by atoms with Crippen LogP contribution in [0.4, 0.5) is 42.9 Å². The van der Waals surface area contributed by atoms with Crippen molar-refractivity contribution >= 4 is 57.4 Å². The van der Waals surface area contributed by atoms with Gasteiger partial charge in [0.15, 0.2) is 11.6 Å². The average molecular weight is 1170 g/mol. The van der Waals surface area contributed by atoms with Crippen LogP contribution in [0.2, 0.25) is 0 Å². The number of fused-ring (bicyclic) bond motifs is 2. The zero-order valence-corrected chi connectivity index (χ0v) is 46.8. The predicted octanol–water partition coefficient (Wildman–Crippen LogP) is 10.5. The summed E-state index contributed by atoms with van der Waals surface area (Å²) < 4.78 is 93.8. The summed E-state index contributed by atoms with van der Waals surface area (Å²) in [6, 6.07) is 10.3. The first kappa shape index (κ1) is 56.9. The van der Waals surface area contributed by atoms with E-state index >= 15 is 17.6 Å². The third kappa shape index (κ3) is 10.6. The summed E-state index contributed by atoms with van der Waals surface area (Å²) in [6.45, 7) is 6.56. The number of H-pyrrole nitrogens is 2. The topological polar surface area (TPSA) is 222 Å². The van der Waals surface area contributed by atoms with Gasteiger partial charge < -0.3 is 59.9 Å². The van der Waals surface area contributed by atoms with E-state index in [9.17, 15) is 33.8 Å². The van der Waals surface area contributed by atoms with E-state index in [2.05, 4.69) is 20.6 Å². The molecule has 8 heterocycles. The van der Waals surface area contributed by atoms with Crippen molar-refractivity contribution in [3.8, 4) is 0 Å². The molecule has 7 atom stereocenters. The van der Waals surface area contributed by atoms with Crippen LogP contribution >= 0.6 is 0 Å². The van der Waals surface area contributed by atoms with Crippen LogP contribution in [0.5, 0.6) is 0 Å². The molecule has 4 aromatic carbocycles. The minimum absolute atomic E-state index is 0.0274. The standard InChI is InChI=1S/C61H69F5N10O8/c1-32-25-51(39-28-45-47(30-41(39)63)69-55(67-45)49-5-3-17-74(49)57(77)52(71-59(79)80)35-13-21-83-22-14-35)76(38-26-43(65)54(44(66)27-38)73-19-11-34(12-20-73)33-7-9-37(62)10-8-33)61(32,2)40-29-46-48(31-42(40)64)70-56(68-46)50-6-4-18-75(50)58(78)53(72-60(81)82)36-15-23-84-24-16-36/h7-10,26-32,34-36,49-53,71-72H,3-6,11-25H2,1-2H3,(H,67,69)(H,68,70)(H,79,80)(H,81,82)/t32?,49?,50?,51-,52?,53+,61+/m1/s1. The Morgan fingerprint density at radius 3 is 1.64 bits per heavy atom. The van der Waals surface area contributed by atoms with Crippen molar-refractivity contribution in [2.45, 2.75) is 126 Å². The molecule has 0 aliphatic carbocycles. The number of carbonyl (C=O) groups is 4. The fourth-order valence-electron chi connectivity index (χ4n) is 14.7. The summed E-state index contributed by atoms with van der Waals surface area (Å²) in [4.78, 5) is 75.6. The lowest BCUT2D eigenvalue weighted by molar-refractivity contribution is -0.137. The fraction of sp³-hybridized carbons (Fsp3) is 0.508. The molecule has 84 heavy (non-hydrogen) atoms. The van der Waals surface area contributed by atoms with Gasteiger partial charge in [0.25, 0.3) is 0 Å². The van der Waals surface area contributed by atoms with Crippen LogP contribution in [0.25, 0.3) is 22.1 Å². The van der Waals surface area contributed by atoms with Crippen LogP contribution in [0.3, 0.4) is 0 Å². The minimum atomic E-state index is -1.45. The Bertz CT molecular complexity index is 3450. The molecule has 6 saturated heterocycles. The van der Waals surface area contributed by atoms with Gasteiger partial charge in [0, 0.05) is 69.4 Å². The van der Waals surface area contributed by atoms with Crippen molar-refractivity contribution in [3.63, 3.8) is 0 Å². The predicted molar refractivity (Wildman–Crippen MR) is 300 cm³/mol. The molecule has 0 bridgehead atoms. The summed E-state index contributed by atoms with van der Waals surface area (Å²) in [7, 11) is 0. The van der Waals surface area contributed by atoms with E-state index in [4.69, 9.17) is 19.4 Å². The number of amides is 4. The molecule has 4 amide bonds. The van der Waals surface area contributed by atoms with E-state index < -0.39 is 77.1 Å². The monoisotopic (exact) mass is 1160 g/mol. The number of carbonyl (C=O) groups excluding carboxylic acids is 2. The smallest absolute Gasteiger partial charge is 0.405 e. The maximum atomic E-state index is 17.5. The first-order chi connectivity index (χ1) is 40.4. The van der Waals surface area contributed by atoms with Gasteiger partial charge in [-0.2, -0.15) is 0 Å². The van der Waals surface area contributed by atoms with Gasteiger partial charge in [-0.1, -0.05) is 19.1 Å². The van der Waals surface area contributed by atoms with Crippen molar-refractivity contribution < 1.29 is 60.8 Å². The largest absolute Gasteiger partial charge is 0.465 e. The Kier molecular flexibility index (Phi) is 15.7. The Morgan fingerprint density at radius 2 is 1.13 bits per heavy atom. The number of halogens is 5. The normalized spacial score (nSPS) is 24.6. The van der Waals surface area contributed by atoms with Crippen molar-refractivity contribution in [2.24, 2.45) is 17.8 Å². The van der Waals surface area contributed by atoms with E-state index in [1.165, 1.54) is 36.4 Å². The Morgan fingerprint density at radius 1 is 0.631 bits per heavy atom. The molecule has 23 heteroatoms. The maximum absolute atomic E-state index is 17.5. The van der Waals surface area contributed by atoms with Crippen molar-refractivity contribution in [2.75, 3.05) is 62.4 Å². The highest BCUT2D eigenvalue weighted by molar-refractivity contribution is 5.87. The molecule has 2 aromatic heterocycles. The molecule has 6 fully saturated rings. The zero-order valence-electron chi connectivity index (χ0n) is 46.8. The third-order valence-electron chi connectivity index (χ3n) is 19.2. The van der Waals surface area contributed by atoms with Crippen molar-refractivity contribution in [1.82, 2.24) is 40.4 Å². The molecule has 0 saturated carbocycles. The van der Waals surface area contributed by atoms with Gasteiger partial charge in [-0.3, -0.25) is 9.59 Å². The highest BCUT2D eigenvalue weighted by Crippen LogP contribution is 2.56. The van der Waals surface area contributed by atoms with E-state index in [0.29, 0.717) is 151 Å². The average Bonchev–Trinajstić information content (AvgIpc) is 3.07. The summed E-state index contributed by atoms with van der Waals surface area (Å²) in [5, 5.41) is 24.5. The lowest BCUT2D eigenvalue weighted by Gasteiger charge is -2.43. The molecule has 6 N–H and O–H groups in total. The number of piperidine rings is 1. The summed E-state index contributed by atoms with van der Waals surface area (Å²) in [5.41, 5.74) is 0.863. The third-order valence-corrected chi connectivity index (χ3v) is 19.2. The van der Waals surface area contributed by atoms with Crippen LogP contribution in [0.1, 0.15) is 137 Å². The van der Waals surface area contributed by atoms with Gasteiger partial charge >= 0.3 is 12.2 Å². The van der Waals surface area contributed by atoms with Crippen molar-refractivity contribution in [3.05, 3.63) is 118 Å². The maximum Gasteiger partial charge on any atom is 0.405 e. The van der Waals surface area contributed by atoms with E-state index in [1.54, 1.807) is 50.8 Å². The fourth-order valence-corrected chi connectivity index (χ4v) is 14.7. The zero-order chi connectivity index (χ0) is 58.7. The minimum Gasteiger partial charge on any atom is -0.465 e. The Labute approximate surface area is 481 Å².